The van der Waals surface area contributed by atoms with E-state index < -0.39 is 12.1 Å². The molecule has 0 fully saturated rings. The lowest BCUT2D eigenvalue weighted by Crippen LogP contribution is -2.45. The monoisotopic (exact) mass is 243 g/mol. The fraction of sp³-hybridized carbons (Fsp3) is 0.667. The molecule has 0 radical (unpaired) electrons. The lowest BCUT2D eigenvalue weighted by Gasteiger charge is -2.16. The molecule has 1 aromatic rings. The summed E-state index contributed by atoms with van der Waals surface area (Å²) in [5.41, 5.74) is 5.31. The predicted molar refractivity (Wildman–Crippen MR) is 58.7 cm³/mol. The Bertz CT molecular complexity index is 365. The van der Waals surface area contributed by atoms with Crippen LogP contribution in [0.4, 0.5) is 4.79 Å². The van der Waals surface area contributed by atoms with E-state index in [-0.39, 0.29) is 25.0 Å². The SMILES string of the molecule is CC(O)C(C)NC(=O)NCc1nc(CN)no1. The maximum absolute atomic E-state index is 11.4. The van der Waals surface area contributed by atoms with Crippen molar-refractivity contribution in [2.45, 2.75) is 39.1 Å². The van der Waals surface area contributed by atoms with Crippen LogP contribution in [-0.2, 0) is 13.1 Å². The number of nitrogens with two attached hydrogens (primary N) is 1. The van der Waals surface area contributed by atoms with Crippen LogP contribution in [0, 0.1) is 0 Å². The summed E-state index contributed by atoms with van der Waals surface area (Å²) in [5, 5.41) is 17.9. The Morgan fingerprint density at radius 3 is 2.82 bits per heavy atom. The van der Waals surface area contributed by atoms with Gasteiger partial charge in [0.2, 0.25) is 5.89 Å². The molecule has 1 rings (SSSR count). The maximum atomic E-state index is 11.4. The fourth-order valence-corrected chi connectivity index (χ4v) is 0.979. The Hall–Kier alpha value is -1.67. The van der Waals surface area contributed by atoms with Gasteiger partial charge in [0, 0.05) is 0 Å². The number of carbonyl (C=O) groups excluding carboxylic acids is 1. The normalized spacial score (nSPS) is 14.1. The van der Waals surface area contributed by atoms with Crippen molar-refractivity contribution in [1.82, 2.24) is 20.8 Å². The van der Waals surface area contributed by atoms with Crippen LogP contribution in [0.15, 0.2) is 4.52 Å². The molecule has 5 N–H and O–H groups in total. The zero-order chi connectivity index (χ0) is 12.8. The number of aliphatic hydroxyl groups excluding tert-OH is 1. The van der Waals surface area contributed by atoms with Crippen LogP contribution in [0.5, 0.6) is 0 Å². The number of nitrogens with one attached hydrogen (secondary N) is 2. The van der Waals surface area contributed by atoms with Gasteiger partial charge < -0.3 is 26.0 Å². The minimum atomic E-state index is -0.618. The van der Waals surface area contributed by atoms with Crippen molar-refractivity contribution in [2.75, 3.05) is 0 Å². The number of hydrogen-bond donors (Lipinski definition) is 4. The van der Waals surface area contributed by atoms with E-state index in [2.05, 4.69) is 20.8 Å². The molecule has 1 aromatic heterocycles. The molecule has 0 saturated carbocycles. The first-order chi connectivity index (χ1) is 8.02. The largest absolute Gasteiger partial charge is 0.391 e. The van der Waals surface area contributed by atoms with Crippen molar-refractivity contribution < 1.29 is 14.4 Å². The van der Waals surface area contributed by atoms with E-state index in [1.807, 2.05) is 0 Å². The molecule has 2 atom stereocenters. The molecule has 2 amide bonds. The molecule has 0 bridgehead atoms. The summed E-state index contributed by atoms with van der Waals surface area (Å²) in [4.78, 5) is 15.3. The number of urea groups is 1. The van der Waals surface area contributed by atoms with Gasteiger partial charge in [-0.25, -0.2) is 4.79 Å². The molecule has 17 heavy (non-hydrogen) atoms. The summed E-state index contributed by atoms with van der Waals surface area (Å²) in [6, 6.07) is -0.747. The second-order valence-corrected chi connectivity index (χ2v) is 3.66. The average molecular weight is 243 g/mol. The van der Waals surface area contributed by atoms with Crippen molar-refractivity contribution >= 4 is 6.03 Å². The molecule has 0 saturated heterocycles. The topological polar surface area (TPSA) is 126 Å². The summed E-state index contributed by atoms with van der Waals surface area (Å²) < 4.78 is 4.83. The van der Waals surface area contributed by atoms with Gasteiger partial charge in [-0.05, 0) is 13.8 Å². The van der Waals surface area contributed by atoms with Gasteiger partial charge >= 0.3 is 6.03 Å². The molecule has 0 aliphatic rings. The second kappa shape index (κ2) is 6.16. The van der Waals surface area contributed by atoms with E-state index in [0.29, 0.717) is 5.82 Å². The van der Waals surface area contributed by atoms with Crippen LogP contribution in [0.2, 0.25) is 0 Å². The first-order valence-corrected chi connectivity index (χ1v) is 5.27. The number of hydrogen-bond acceptors (Lipinski definition) is 6. The number of rotatable bonds is 5. The lowest BCUT2D eigenvalue weighted by molar-refractivity contribution is 0.152. The third-order valence-electron chi connectivity index (χ3n) is 2.18. The summed E-state index contributed by atoms with van der Waals surface area (Å²) in [6.45, 7) is 3.60. The smallest absolute Gasteiger partial charge is 0.315 e. The fourth-order valence-electron chi connectivity index (χ4n) is 0.979. The minimum Gasteiger partial charge on any atom is -0.391 e. The van der Waals surface area contributed by atoms with E-state index in [1.54, 1.807) is 13.8 Å². The van der Waals surface area contributed by atoms with Crippen molar-refractivity contribution in [1.29, 1.82) is 0 Å². The number of aliphatic hydroxyl groups is 1. The second-order valence-electron chi connectivity index (χ2n) is 3.66. The molecular formula is C9H17N5O3. The quantitative estimate of drug-likeness (QED) is 0.530. The van der Waals surface area contributed by atoms with E-state index >= 15 is 0 Å². The Morgan fingerprint density at radius 1 is 1.59 bits per heavy atom. The molecule has 8 nitrogen and oxygen atoms in total. The van der Waals surface area contributed by atoms with E-state index in [4.69, 9.17) is 10.3 Å². The highest BCUT2D eigenvalue weighted by Gasteiger charge is 2.12. The van der Waals surface area contributed by atoms with Crippen LogP contribution in [0.1, 0.15) is 25.6 Å². The van der Waals surface area contributed by atoms with Gasteiger partial charge in [-0.1, -0.05) is 5.16 Å². The van der Waals surface area contributed by atoms with Gasteiger partial charge in [0.05, 0.1) is 25.2 Å². The number of aromatic nitrogens is 2. The van der Waals surface area contributed by atoms with Crippen molar-refractivity contribution in [2.24, 2.45) is 5.73 Å². The Morgan fingerprint density at radius 2 is 2.29 bits per heavy atom. The van der Waals surface area contributed by atoms with Crippen molar-refractivity contribution in [3.8, 4) is 0 Å². The predicted octanol–water partition coefficient (Wildman–Crippen LogP) is -0.903. The highest BCUT2D eigenvalue weighted by atomic mass is 16.5. The molecule has 0 aliphatic heterocycles. The van der Waals surface area contributed by atoms with Crippen LogP contribution in [0.3, 0.4) is 0 Å². The van der Waals surface area contributed by atoms with Crippen LogP contribution in [0.25, 0.3) is 0 Å². The Labute approximate surface area is 98.6 Å². The third-order valence-corrected chi connectivity index (χ3v) is 2.18. The van der Waals surface area contributed by atoms with Crippen LogP contribution >= 0.6 is 0 Å². The molecule has 96 valence electrons. The molecule has 1 heterocycles. The highest BCUT2D eigenvalue weighted by Crippen LogP contribution is 1.96. The number of amides is 2. The van der Waals surface area contributed by atoms with Crippen LogP contribution in [-0.4, -0.2) is 33.4 Å². The summed E-state index contributed by atoms with van der Waals surface area (Å²) >= 11 is 0. The molecule has 0 aliphatic carbocycles. The van der Waals surface area contributed by atoms with Gasteiger partial charge in [0.15, 0.2) is 5.82 Å². The summed E-state index contributed by atoms with van der Waals surface area (Å²) in [5.74, 6) is 0.671. The summed E-state index contributed by atoms with van der Waals surface area (Å²) in [7, 11) is 0. The van der Waals surface area contributed by atoms with E-state index in [0.717, 1.165) is 0 Å². The van der Waals surface area contributed by atoms with E-state index in [9.17, 15) is 9.90 Å². The standard InChI is InChI=1S/C9H17N5O3/c1-5(6(2)15)12-9(16)11-4-8-13-7(3-10)14-17-8/h5-6,15H,3-4,10H2,1-2H3,(H2,11,12,16). The number of nitrogens with zero attached hydrogens (tertiary/aromatic N) is 2. The Kier molecular flexibility index (Phi) is 4.85. The van der Waals surface area contributed by atoms with Crippen molar-refractivity contribution in [3.05, 3.63) is 11.7 Å². The molecule has 2 unspecified atom stereocenters. The first kappa shape index (κ1) is 13.4. The Balaban J connectivity index is 2.33. The lowest BCUT2D eigenvalue weighted by atomic mass is 10.2. The first-order valence-electron chi connectivity index (χ1n) is 5.27. The molecule has 0 spiro atoms. The average Bonchev–Trinajstić information content (AvgIpc) is 2.74. The van der Waals surface area contributed by atoms with Gasteiger partial charge in [-0.2, -0.15) is 4.98 Å². The zero-order valence-electron chi connectivity index (χ0n) is 9.80. The minimum absolute atomic E-state index is 0.116. The summed E-state index contributed by atoms with van der Waals surface area (Å²) in [6.07, 6.45) is -0.618. The van der Waals surface area contributed by atoms with Gasteiger partial charge in [-0.15, -0.1) is 0 Å². The molecular weight excluding hydrogens is 226 g/mol. The molecule has 8 heteroatoms. The van der Waals surface area contributed by atoms with Crippen molar-refractivity contribution in [3.63, 3.8) is 0 Å². The molecule has 0 aromatic carbocycles. The van der Waals surface area contributed by atoms with Gasteiger partial charge in [-0.3, -0.25) is 0 Å². The number of carbonyl (C=O) groups is 1. The van der Waals surface area contributed by atoms with Crippen LogP contribution < -0.4 is 16.4 Å². The van der Waals surface area contributed by atoms with Gasteiger partial charge in [0.1, 0.15) is 0 Å². The third kappa shape index (κ3) is 4.37. The maximum Gasteiger partial charge on any atom is 0.315 e. The van der Waals surface area contributed by atoms with Gasteiger partial charge in [0.25, 0.3) is 0 Å². The highest BCUT2D eigenvalue weighted by molar-refractivity contribution is 5.74. The zero-order valence-corrected chi connectivity index (χ0v) is 9.80. The van der Waals surface area contributed by atoms with E-state index in [1.165, 1.54) is 0 Å².